The van der Waals surface area contributed by atoms with Crippen molar-refractivity contribution >= 4 is 17.4 Å². The Morgan fingerprint density at radius 2 is 2.29 bits per heavy atom. The van der Waals surface area contributed by atoms with Crippen LogP contribution in [0.2, 0.25) is 0 Å². The molecule has 6 heteroatoms. The van der Waals surface area contributed by atoms with E-state index < -0.39 is 0 Å². The molecular weight excluding hydrogens is 202 g/mol. The van der Waals surface area contributed by atoms with Crippen LogP contribution in [0, 0.1) is 0 Å². The van der Waals surface area contributed by atoms with Crippen LogP contribution in [0.4, 0.5) is 0 Å². The van der Waals surface area contributed by atoms with Crippen molar-refractivity contribution in [3.8, 4) is 0 Å². The van der Waals surface area contributed by atoms with E-state index in [2.05, 4.69) is 9.59 Å². The molecule has 5 nitrogen and oxygen atoms in total. The van der Waals surface area contributed by atoms with Crippen molar-refractivity contribution < 1.29 is 9.90 Å². The monoisotopic (exact) mass is 213 g/mol. The minimum absolute atomic E-state index is 0.0781. The molecule has 1 saturated heterocycles. The van der Waals surface area contributed by atoms with E-state index >= 15 is 0 Å². The lowest BCUT2D eigenvalue weighted by molar-refractivity contribution is 0.0541. The van der Waals surface area contributed by atoms with Gasteiger partial charge in [-0.1, -0.05) is 4.49 Å². The Hall–Kier alpha value is -1.01. The molecule has 0 atom stereocenters. The van der Waals surface area contributed by atoms with Gasteiger partial charge in [0, 0.05) is 18.5 Å². The van der Waals surface area contributed by atoms with Gasteiger partial charge < -0.3 is 10.0 Å². The Morgan fingerprint density at radius 3 is 2.86 bits per heavy atom. The van der Waals surface area contributed by atoms with Gasteiger partial charge >= 0.3 is 0 Å². The lowest BCUT2D eigenvalue weighted by atomic mass is 10.1. The van der Waals surface area contributed by atoms with Crippen LogP contribution in [0.3, 0.4) is 0 Å². The smallest absolute Gasteiger partial charge is 0.275 e. The van der Waals surface area contributed by atoms with Gasteiger partial charge in [-0.15, -0.1) is 5.10 Å². The lowest BCUT2D eigenvalue weighted by Gasteiger charge is -2.28. The van der Waals surface area contributed by atoms with Gasteiger partial charge in [-0.05, 0) is 24.4 Å². The van der Waals surface area contributed by atoms with E-state index in [1.807, 2.05) is 0 Å². The van der Waals surface area contributed by atoms with Crippen molar-refractivity contribution in [3.63, 3.8) is 0 Å². The first-order valence-electron chi connectivity index (χ1n) is 4.52. The summed E-state index contributed by atoms with van der Waals surface area (Å²) in [7, 11) is 0. The minimum atomic E-state index is -0.257. The predicted octanol–water partition coefficient (Wildman–Crippen LogP) is 0.135. The number of carbonyl (C=O) groups excluding carboxylic acids is 1. The maximum absolute atomic E-state index is 11.7. The molecule has 0 radical (unpaired) electrons. The molecule has 0 spiro atoms. The van der Waals surface area contributed by atoms with Crippen LogP contribution in [-0.2, 0) is 0 Å². The van der Waals surface area contributed by atoms with Gasteiger partial charge in [0.1, 0.15) is 0 Å². The summed E-state index contributed by atoms with van der Waals surface area (Å²) < 4.78 is 3.65. The zero-order valence-corrected chi connectivity index (χ0v) is 8.40. The van der Waals surface area contributed by atoms with Crippen molar-refractivity contribution in [3.05, 3.63) is 11.1 Å². The van der Waals surface area contributed by atoms with Crippen LogP contribution < -0.4 is 0 Å². The Kier molecular flexibility index (Phi) is 2.74. The number of piperidine rings is 1. The first kappa shape index (κ1) is 9.54. The lowest BCUT2D eigenvalue weighted by Crippen LogP contribution is -2.40. The van der Waals surface area contributed by atoms with Crippen molar-refractivity contribution in [2.45, 2.75) is 18.9 Å². The molecule has 76 valence electrons. The van der Waals surface area contributed by atoms with Crippen LogP contribution in [0.1, 0.15) is 23.3 Å². The number of aliphatic hydroxyl groups is 1. The molecule has 1 amide bonds. The van der Waals surface area contributed by atoms with Gasteiger partial charge in [0.05, 0.1) is 6.10 Å². The number of rotatable bonds is 1. The molecule has 14 heavy (non-hydrogen) atoms. The van der Waals surface area contributed by atoms with Crippen LogP contribution >= 0.6 is 11.5 Å². The summed E-state index contributed by atoms with van der Waals surface area (Å²) in [5.74, 6) is -0.0781. The van der Waals surface area contributed by atoms with Crippen molar-refractivity contribution in [2.24, 2.45) is 0 Å². The molecule has 0 saturated carbocycles. The molecule has 1 aliphatic heterocycles. The fourth-order valence-corrected chi connectivity index (χ4v) is 1.92. The van der Waals surface area contributed by atoms with E-state index in [0.717, 1.165) is 0 Å². The molecule has 0 aliphatic carbocycles. The number of nitrogens with zero attached hydrogens (tertiary/aromatic N) is 3. The fourth-order valence-electron chi connectivity index (χ4n) is 1.49. The average molecular weight is 213 g/mol. The molecule has 1 fully saturated rings. The quantitative estimate of drug-likeness (QED) is 0.720. The summed E-state index contributed by atoms with van der Waals surface area (Å²) in [4.78, 5) is 13.4. The molecule has 1 aromatic heterocycles. The minimum Gasteiger partial charge on any atom is -0.393 e. The number of aromatic nitrogens is 2. The number of aliphatic hydroxyl groups excluding tert-OH is 1. The van der Waals surface area contributed by atoms with Crippen LogP contribution in [0.25, 0.3) is 0 Å². The summed E-state index contributed by atoms with van der Waals surface area (Å²) in [5, 5.41) is 14.6. The highest BCUT2D eigenvalue weighted by molar-refractivity contribution is 7.03. The maximum Gasteiger partial charge on any atom is 0.275 e. The molecule has 0 bridgehead atoms. The van der Waals surface area contributed by atoms with Gasteiger partial charge in [-0.25, -0.2) is 0 Å². The van der Waals surface area contributed by atoms with Gasteiger partial charge in [0.2, 0.25) is 0 Å². The molecule has 0 unspecified atom stereocenters. The SMILES string of the molecule is O=C(c1csnn1)N1CCC(O)CC1. The zero-order valence-electron chi connectivity index (χ0n) is 7.59. The van der Waals surface area contributed by atoms with Gasteiger partial charge in [0.15, 0.2) is 5.69 Å². The van der Waals surface area contributed by atoms with E-state index in [9.17, 15) is 9.90 Å². The summed E-state index contributed by atoms with van der Waals surface area (Å²) in [6.45, 7) is 1.22. The molecule has 1 N–H and O–H groups in total. The van der Waals surface area contributed by atoms with Crippen molar-refractivity contribution in [1.82, 2.24) is 14.5 Å². The molecule has 2 heterocycles. The largest absolute Gasteiger partial charge is 0.393 e. The number of hydrogen-bond acceptors (Lipinski definition) is 5. The topological polar surface area (TPSA) is 66.3 Å². The van der Waals surface area contributed by atoms with E-state index in [0.29, 0.717) is 31.6 Å². The average Bonchev–Trinajstić information content (AvgIpc) is 2.71. The first-order valence-corrected chi connectivity index (χ1v) is 5.35. The summed E-state index contributed by atoms with van der Waals surface area (Å²) >= 11 is 1.17. The first-order chi connectivity index (χ1) is 6.77. The van der Waals surface area contributed by atoms with Crippen molar-refractivity contribution in [2.75, 3.05) is 13.1 Å². The van der Waals surface area contributed by atoms with E-state index in [1.54, 1.807) is 10.3 Å². The van der Waals surface area contributed by atoms with Crippen LogP contribution in [0.5, 0.6) is 0 Å². The van der Waals surface area contributed by atoms with Crippen molar-refractivity contribution in [1.29, 1.82) is 0 Å². The third-order valence-corrected chi connectivity index (χ3v) is 2.84. The third kappa shape index (κ3) is 1.91. The highest BCUT2D eigenvalue weighted by Crippen LogP contribution is 2.12. The van der Waals surface area contributed by atoms with Gasteiger partial charge in [-0.3, -0.25) is 4.79 Å². The summed E-state index contributed by atoms with van der Waals surface area (Å²) in [5.41, 5.74) is 0.409. The second kappa shape index (κ2) is 4.02. The molecule has 0 aromatic carbocycles. The normalized spacial score (nSPS) is 18.5. The number of likely N-dealkylation sites (tertiary alicyclic amines) is 1. The second-order valence-electron chi connectivity index (χ2n) is 3.31. The van der Waals surface area contributed by atoms with Crippen LogP contribution in [-0.4, -0.2) is 44.7 Å². The van der Waals surface area contributed by atoms with E-state index in [-0.39, 0.29) is 12.0 Å². The fraction of sp³-hybridized carbons (Fsp3) is 0.625. The van der Waals surface area contributed by atoms with E-state index in [1.165, 1.54) is 11.5 Å². The number of amides is 1. The molecule has 1 aliphatic rings. The maximum atomic E-state index is 11.7. The second-order valence-corrected chi connectivity index (χ2v) is 3.92. The molecule has 2 rings (SSSR count). The number of hydrogen-bond donors (Lipinski definition) is 1. The molecular formula is C8H11N3O2S. The summed E-state index contributed by atoms with van der Waals surface area (Å²) in [6.07, 6.45) is 1.06. The van der Waals surface area contributed by atoms with E-state index in [4.69, 9.17) is 0 Å². The Bertz CT molecular complexity index is 306. The van der Waals surface area contributed by atoms with Gasteiger partial charge in [0.25, 0.3) is 5.91 Å². The molecule has 1 aromatic rings. The van der Waals surface area contributed by atoms with Crippen LogP contribution in [0.15, 0.2) is 5.38 Å². The van der Waals surface area contributed by atoms with Gasteiger partial charge in [-0.2, -0.15) is 0 Å². The highest BCUT2D eigenvalue weighted by atomic mass is 32.1. The predicted molar refractivity (Wildman–Crippen MR) is 51.1 cm³/mol. The zero-order chi connectivity index (χ0) is 9.97. The Balaban J connectivity index is 1.99. The highest BCUT2D eigenvalue weighted by Gasteiger charge is 2.23. The third-order valence-electron chi connectivity index (χ3n) is 2.33. The Morgan fingerprint density at radius 1 is 1.57 bits per heavy atom. The summed E-state index contributed by atoms with van der Waals surface area (Å²) in [6, 6.07) is 0. The standard InChI is InChI=1S/C8H11N3O2S/c12-6-1-3-11(4-2-6)8(13)7-5-14-10-9-7/h5-6,12H,1-4H2. The Labute approximate surface area is 85.5 Å². The number of carbonyl (C=O) groups is 1.